The van der Waals surface area contributed by atoms with Crippen LogP contribution in [0.5, 0.6) is 0 Å². The number of aromatic amines is 1. The molecular formula is C21H19ClN2O2. The van der Waals surface area contributed by atoms with Crippen LogP contribution in [0.2, 0.25) is 5.02 Å². The van der Waals surface area contributed by atoms with Crippen LogP contribution < -0.4 is 11.2 Å². The van der Waals surface area contributed by atoms with Crippen LogP contribution >= 0.6 is 11.6 Å². The maximum atomic E-state index is 13.4. The molecule has 1 aromatic heterocycles. The van der Waals surface area contributed by atoms with Gasteiger partial charge in [-0.05, 0) is 42.7 Å². The summed E-state index contributed by atoms with van der Waals surface area (Å²) in [4.78, 5) is 29.2. The number of aromatic nitrogens is 2. The van der Waals surface area contributed by atoms with Gasteiger partial charge in [-0.3, -0.25) is 4.79 Å². The summed E-state index contributed by atoms with van der Waals surface area (Å²) in [5, 5.41) is 0.559. The Hall–Kier alpha value is -2.59. The van der Waals surface area contributed by atoms with Crippen molar-refractivity contribution in [3.05, 3.63) is 85.5 Å². The topological polar surface area (TPSA) is 54.9 Å². The molecule has 1 aliphatic rings. The Balaban J connectivity index is 2.08. The van der Waals surface area contributed by atoms with Gasteiger partial charge in [-0.15, -0.1) is 0 Å². The predicted octanol–water partition coefficient (Wildman–Crippen LogP) is 4.07. The van der Waals surface area contributed by atoms with Crippen molar-refractivity contribution in [2.75, 3.05) is 0 Å². The monoisotopic (exact) mass is 366 g/mol. The first-order chi connectivity index (χ1) is 12.4. The van der Waals surface area contributed by atoms with Gasteiger partial charge in [-0.25, -0.2) is 9.36 Å². The number of benzene rings is 2. The van der Waals surface area contributed by atoms with Crippen LogP contribution in [0.15, 0.2) is 58.1 Å². The van der Waals surface area contributed by atoms with Gasteiger partial charge < -0.3 is 4.98 Å². The third-order valence-electron chi connectivity index (χ3n) is 5.44. The summed E-state index contributed by atoms with van der Waals surface area (Å²) in [5.41, 5.74) is 2.90. The van der Waals surface area contributed by atoms with E-state index in [4.69, 9.17) is 11.6 Å². The second-order valence-electron chi connectivity index (χ2n) is 7.05. The molecule has 132 valence electrons. The van der Waals surface area contributed by atoms with Crippen molar-refractivity contribution in [1.29, 1.82) is 0 Å². The molecule has 0 aliphatic heterocycles. The Kier molecular flexibility index (Phi) is 3.88. The van der Waals surface area contributed by atoms with E-state index in [0.717, 1.165) is 24.0 Å². The summed E-state index contributed by atoms with van der Waals surface area (Å²) in [7, 11) is 0. The van der Waals surface area contributed by atoms with E-state index in [9.17, 15) is 9.59 Å². The molecule has 1 aliphatic carbocycles. The van der Waals surface area contributed by atoms with Crippen LogP contribution in [0, 0.1) is 0 Å². The largest absolute Gasteiger partial charge is 0.333 e. The normalized spacial score (nSPS) is 18.3. The fourth-order valence-corrected chi connectivity index (χ4v) is 3.98. The Morgan fingerprint density at radius 1 is 1.12 bits per heavy atom. The Morgan fingerprint density at radius 2 is 1.81 bits per heavy atom. The SMILES string of the molecule is CCC1(C)Cc2ccccc2-c2[nH]c(=O)n(-c3ccc(Cl)cc3)c(=O)c21. The van der Waals surface area contributed by atoms with Gasteiger partial charge in [0.15, 0.2) is 0 Å². The lowest BCUT2D eigenvalue weighted by molar-refractivity contribution is 0.437. The van der Waals surface area contributed by atoms with Gasteiger partial charge in [0, 0.05) is 21.6 Å². The number of hydrogen-bond acceptors (Lipinski definition) is 2. The standard InChI is InChI=1S/C21H19ClN2O2/c1-3-21(2)12-13-6-4-5-7-16(13)18-17(21)19(25)24(20(26)23-18)15-10-8-14(22)9-11-15/h4-11H,3,12H2,1-2H3,(H,23,26). The molecule has 4 rings (SSSR count). The van der Waals surface area contributed by atoms with Crippen LogP contribution in [-0.4, -0.2) is 9.55 Å². The lowest BCUT2D eigenvalue weighted by Crippen LogP contribution is -2.44. The van der Waals surface area contributed by atoms with E-state index in [2.05, 4.69) is 24.9 Å². The molecule has 4 nitrogen and oxygen atoms in total. The molecule has 5 heteroatoms. The third-order valence-corrected chi connectivity index (χ3v) is 5.69. The fourth-order valence-electron chi connectivity index (χ4n) is 3.85. The van der Waals surface area contributed by atoms with Crippen LogP contribution in [0.25, 0.3) is 16.9 Å². The van der Waals surface area contributed by atoms with Gasteiger partial charge in [-0.2, -0.15) is 0 Å². The molecule has 3 aromatic rings. The highest BCUT2D eigenvalue weighted by Crippen LogP contribution is 2.41. The predicted molar refractivity (Wildman–Crippen MR) is 104 cm³/mol. The van der Waals surface area contributed by atoms with Crippen molar-refractivity contribution in [1.82, 2.24) is 9.55 Å². The van der Waals surface area contributed by atoms with E-state index in [1.54, 1.807) is 24.3 Å². The highest BCUT2D eigenvalue weighted by Gasteiger charge is 2.37. The summed E-state index contributed by atoms with van der Waals surface area (Å²) in [6.07, 6.45) is 1.57. The summed E-state index contributed by atoms with van der Waals surface area (Å²) in [5.74, 6) is 0. The summed E-state index contributed by atoms with van der Waals surface area (Å²) >= 11 is 5.94. The average Bonchev–Trinajstić information content (AvgIpc) is 2.63. The summed E-state index contributed by atoms with van der Waals surface area (Å²) in [6, 6.07) is 14.7. The Bertz CT molecular complexity index is 1110. The smallest absolute Gasteiger partial charge is 0.306 e. The molecule has 0 saturated carbocycles. The van der Waals surface area contributed by atoms with Crippen molar-refractivity contribution in [3.8, 4) is 16.9 Å². The quantitative estimate of drug-likeness (QED) is 0.743. The minimum absolute atomic E-state index is 0.259. The van der Waals surface area contributed by atoms with Gasteiger partial charge in [-0.1, -0.05) is 49.7 Å². The molecule has 0 saturated heterocycles. The molecule has 2 aromatic carbocycles. The van der Waals surface area contributed by atoms with Crippen LogP contribution in [-0.2, 0) is 11.8 Å². The minimum atomic E-state index is -0.439. The summed E-state index contributed by atoms with van der Waals surface area (Å²) in [6.45, 7) is 4.17. The lowest BCUT2D eigenvalue weighted by Gasteiger charge is -2.35. The minimum Gasteiger partial charge on any atom is -0.306 e. The van der Waals surface area contributed by atoms with Crippen molar-refractivity contribution >= 4 is 11.6 Å². The molecule has 1 unspecified atom stereocenters. The van der Waals surface area contributed by atoms with E-state index in [0.29, 0.717) is 22.0 Å². The van der Waals surface area contributed by atoms with Crippen LogP contribution in [0.3, 0.4) is 0 Å². The maximum Gasteiger partial charge on any atom is 0.333 e. The maximum absolute atomic E-state index is 13.4. The van der Waals surface area contributed by atoms with E-state index >= 15 is 0 Å². The Morgan fingerprint density at radius 3 is 2.50 bits per heavy atom. The first-order valence-corrected chi connectivity index (χ1v) is 9.06. The van der Waals surface area contributed by atoms with Gasteiger partial charge in [0.25, 0.3) is 5.56 Å². The van der Waals surface area contributed by atoms with Gasteiger partial charge in [0.2, 0.25) is 0 Å². The average molecular weight is 367 g/mol. The van der Waals surface area contributed by atoms with E-state index in [-0.39, 0.29) is 11.0 Å². The molecule has 1 atom stereocenters. The highest BCUT2D eigenvalue weighted by atomic mass is 35.5. The van der Waals surface area contributed by atoms with Gasteiger partial charge in [0.1, 0.15) is 0 Å². The lowest BCUT2D eigenvalue weighted by atomic mass is 9.69. The zero-order chi connectivity index (χ0) is 18.5. The Labute approximate surface area is 156 Å². The first-order valence-electron chi connectivity index (χ1n) is 8.68. The number of rotatable bonds is 2. The van der Waals surface area contributed by atoms with Crippen molar-refractivity contribution in [2.45, 2.75) is 32.1 Å². The van der Waals surface area contributed by atoms with Crippen LogP contribution in [0.4, 0.5) is 0 Å². The zero-order valence-corrected chi connectivity index (χ0v) is 15.4. The molecular weight excluding hydrogens is 348 g/mol. The van der Waals surface area contributed by atoms with Crippen molar-refractivity contribution in [2.24, 2.45) is 0 Å². The molecule has 0 bridgehead atoms. The number of H-pyrrole nitrogens is 1. The van der Waals surface area contributed by atoms with Gasteiger partial charge in [0.05, 0.1) is 11.4 Å². The molecule has 0 amide bonds. The van der Waals surface area contributed by atoms with Crippen molar-refractivity contribution < 1.29 is 0 Å². The van der Waals surface area contributed by atoms with E-state index < -0.39 is 5.69 Å². The number of hydrogen-bond donors (Lipinski definition) is 1. The number of nitrogens with zero attached hydrogens (tertiary/aromatic N) is 1. The molecule has 0 fully saturated rings. The molecule has 0 spiro atoms. The van der Waals surface area contributed by atoms with E-state index in [1.165, 1.54) is 4.57 Å². The molecule has 1 N–H and O–H groups in total. The number of halogens is 1. The van der Waals surface area contributed by atoms with E-state index in [1.807, 2.05) is 18.2 Å². The second-order valence-corrected chi connectivity index (χ2v) is 7.48. The first kappa shape index (κ1) is 16.9. The summed E-state index contributed by atoms with van der Waals surface area (Å²) < 4.78 is 1.21. The molecule has 26 heavy (non-hydrogen) atoms. The fraction of sp³-hybridized carbons (Fsp3) is 0.238. The number of nitrogens with one attached hydrogen (secondary N) is 1. The van der Waals surface area contributed by atoms with Crippen LogP contribution in [0.1, 0.15) is 31.4 Å². The third kappa shape index (κ3) is 2.44. The highest BCUT2D eigenvalue weighted by molar-refractivity contribution is 6.30. The number of fused-ring (bicyclic) bond motifs is 3. The molecule has 1 heterocycles. The zero-order valence-electron chi connectivity index (χ0n) is 14.7. The second kappa shape index (κ2) is 5.99. The molecule has 0 radical (unpaired) electrons. The van der Waals surface area contributed by atoms with Crippen molar-refractivity contribution in [3.63, 3.8) is 0 Å². The van der Waals surface area contributed by atoms with Gasteiger partial charge >= 0.3 is 5.69 Å².